The summed E-state index contributed by atoms with van der Waals surface area (Å²) < 4.78 is 1.99. The first-order chi connectivity index (χ1) is 9.54. The number of rotatable bonds is 5. The van der Waals surface area contributed by atoms with Gasteiger partial charge in [-0.2, -0.15) is 0 Å². The fourth-order valence-corrected chi connectivity index (χ4v) is 2.37. The molecule has 2 aromatic heterocycles. The lowest BCUT2D eigenvalue weighted by molar-refractivity contribution is -0.695. The van der Waals surface area contributed by atoms with E-state index in [1.807, 2.05) is 36.0 Å². The molecule has 0 fully saturated rings. The largest absolute Gasteiger partial charge is 1.00 e. The Hall–Kier alpha value is -1.34. The van der Waals surface area contributed by atoms with Crippen LogP contribution in [0.4, 0.5) is 5.13 Å². The Morgan fingerprint density at radius 2 is 2.00 bits per heavy atom. The third-order valence-electron chi connectivity index (χ3n) is 2.84. The fourth-order valence-electron chi connectivity index (χ4n) is 1.61. The van der Waals surface area contributed by atoms with E-state index < -0.39 is 0 Å². The van der Waals surface area contributed by atoms with Crippen LogP contribution in [0.15, 0.2) is 24.5 Å². The molecule has 2 aromatic rings. The molecule has 1 N–H and O–H groups in total. The van der Waals surface area contributed by atoms with Crippen molar-refractivity contribution >= 4 is 22.4 Å². The summed E-state index contributed by atoms with van der Waals surface area (Å²) >= 11 is 1.43. The standard InChI is InChI=1S/C14H18N4OS.BrH/c1-10(2)13-16-17-14(20-13)15-12(19)6-9-18-7-4-11(3)5-8-18;/h4-5,7-8,10H,6,9H2,1-3H3;1H. The number of aromatic nitrogens is 3. The van der Waals surface area contributed by atoms with Crippen LogP contribution in [-0.4, -0.2) is 16.1 Å². The van der Waals surface area contributed by atoms with E-state index in [-0.39, 0.29) is 22.9 Å². The molecule has 0 radical (unpaired) electrons. The number of nitrogens with zero attached hydrogens (tertiary/aromatic N) is 3. The van der Waals surface area contributed by atoms with Gasteiger partial charge >= 0.3 is 0 Å². The number of amides is 1. The quantitative estimate of drug-likeness (QED) is 0.707. The van der Waals surface area contributed by atoms with E-state index in [0.717, 1.165) is 5.01 Å². The van der Waals surface area contributed by atoms with E-state index in [0.29, 0.717) is 24.0 Å². The molecule has 0 atom stereocenters. The van der Waals surface area contributed by atoms with Gasteiger partial charge in [-0.05, 0) is 12.5 Å². The lowest BCUT2D eigenvalue weighted by atomic mass is 10.2. The topological polar surface area (TPSA) is 58.8 Å². The molecule has 0 aromatic carbocycles. The molecule has 7 heteroatoms. The summed E-state index contributed by atoms with van der Waals surface area (Å²) in [7, 11) is 0. The van der Waals surface area contributed by atoms with Crippen LogP contribution in [0.1, 0.15) is 36.8 Å². The van der Waals surface area contributed by atoms with Crippen LogP contribution in [0.5, 0.6) is 0 Å². The summed E-state index contributed by atoms with van der Waals surface area (Å²) in [6.45, 7) is 6.81. The Bertz CT molecular complexity index is 583. The number of pyridine rings is 1. The molecule has 2 heterocycles. The minimum atomic E-state index is -0.0375. The summed E-state index contributed by atoms with van der Waals surface area (Å²) in [5.41, 5.74) is 1.21. The summed E-state index contributed by atoms with van der Waals surface area (Å²) in [4.78, 5) is 11.8. The van der Waals surface area contributed by atoms with Gasteiger partial charge in [0.25, 0.3) is 0 Å². The van der Waals surface area contributed by atoms with Crippen molar-refractivity contribution in [3.05, 3.63) is 35.1 Å². The maximum Gasteiger partial charge on any atom is 0.232 e. The lowest BCUT2D eigenvalue weighted by Crippen LogP contribution is -3.00. The van der Waals surface area contributed by atoms with Gasteiger partial charge < -0.3 is 22.3 Å². The van der Waals surface area contributed by atoms with Gasteiger partial charge in [0.05, 0.1) is 6.42 Å². The van der Waals surface area contributed by atoms with Crippen LogP contribution in [0.25, 0.3) is 0 Å². The molecule has 0 saturated carbocycles. The maximum absolute atomic E-state index is 11.8. The molecule has 114 valence electrons. The third kappa shape index (κ3) is 5.51. The number of carbonyl (C=O) groups excluding carboxylic acids is 1. The van der Waals surface area contributed by atoms with Crippen molar-refractivity contribution in [2.75, 3.05) is 5.32 Å². The lowest BCUT2D eigenvalue weighted by Gasteiger charge is -1.99. The van der Waals surface area contributed by atoms with Crippen molar-refractivity contribution < 1.29 is 26.3 Å². The monoisotopic (exact) mass is 370 g/mol. The molecule has 0 unspecified atom stereocenters. The Morgan fingerprint density at radius 1 is 1.33 bits per heavy atom. The molecule has 0 aliphatic rings. The highest BCUT2D eigenvalue weighted by atomic mass is 79.9. The molecule has 0 aliphatic heterocycles. The molecule has 0 saturated heterocycles. The molecule has 1 amide bonds. The zero-order chi connectivity index (χ0) is 14.5. The Morgan fingerprint density at radius 3 is 2.57 bits per heavy atom. The van der Waals surface area contributed by atoms with E-state index in [1.165, 1.54) is 16.9 Å². The summed E-state index contributed by atoms with van der Waals surface area (Å²) in [6.07, 6.45) is 4.37. The fraction of sp³-hybridized carbons (Fsp3) is 0.429. The Labute approximate surface area is 139 Å². The van der Waals surface area contributed by atoms with Crippen molar-refractivity contribution in [3.8, 4) is 0 Å². The van der Waals surface area contributed by atoms with Gasteiger partial charge in [0.2, 0.25) is 11.0 Å². The number of halogens is 1. The Balaban J connectivity index is 0.00000220. The van der Waals surface area contributed by atoms with Crippen LogP contribution in [0, 0.1) is 6.92 Å². The van der Waals surface area contributed by atoms with E-state index in [9.17, 15) is 4.79 Å². The van der Waals surface area contributed by atoms with Gasteiger partial charge in [-0.1, -0.05) is 25.2 Å². The zero-order valence-corrected chi connectivity index (χ0v) is 14.7. The van der Waals surface area contributed by atoms with Crippen LogP contribution in [0.3, 0.4) is 0 Å². The molecule has 0 spiro atoms. The van der Waals surface area contributed by atoms with Crippen molar-refractivity contribution in [1.29, 1.82) is 0 Å². The smallest absolute Gasteiger partial charge is 0.232 e. The van der Waals surface area contributed by atoms with Gasteiger partial charge in [0.15, 0.2) is 18.9 Å². The number of hydrogen-bond acceptors (Lipinski definition) is 4. The van der Waals surface area contributed by atoms with Crippen LogP contribution < -0.4 is 26.9 Å². The van der Waals surface area contributed by atoms with E-state index in [4.69, 9.17) is 0 Å². The SMILES string of the molecule is Cc1cc[n+](CCC(=O)Nc2nnc(C(C)C)s2)cc1.[Br-]. The van der Waals surface area contributed by atoms with Gasteiger partial charge in [0, 0.05) is 18.1 Å². The first-order valence-corrected chi connectivity index (χ1v) is 7.45. The predicted octanol–water partition coefficient (Wildman–Crippen LogP) is -0.710. The normalized spacial score (nSPS) is 10.3. The Kier molecular flexibility index (Phi) is 6.91. The molecular weight excluding hydrogens is 352 g/mol. The second-order valence-electron chi connectivity index (χ2n) is 5.01. The number of hydrogen-bond donors (Lipinski definition) is 1. The van der Waals surface area contributed by atoms with Gasteiger partial charge in [0.1, 0.15) is 5.01 Å². The van der Waals surface area contributed by atoms with Gasteiger partial charge in [-0.15, -0.1) is 10.2 Å². The van der Waals surface area contributed by atoms with Crippen LogP contribution in [-0.2, 0) is 11.3 Å². The van der Waals surface area contributed by atoms with Gasteiger partial charge in [-0.25, -0.2) is 4.57 Å². The first-order valence-electron chi connectivity index (χ1n) is 6.63. The molecule has 21 heavy (non-hydrogen) atoms. The van der Waals surface area contributed by atoms with E-state index in [1.54, 1.807) is 0 Å². The van der Waals surface area contributed by atoms with E-state index >= 15 is 0 Å². The predicted molar refractivity (Wildman–Crippen MR) is 78.6 cm³/mol. The zero-order valence-electron chi connectivity index (χ0n) is 12.3. The average molecular weight is 371 g/mol. The van der Waals surface area contributed by atoms with Gasteiger partial charge in [-0.3, -0.25) is 4.79 Å². The second-order valence-corrected chi connectivity index (χ2v) is 6.02. The molecular formula is C14H19BrN4OS. The highest BCUT2D eigenvalue weighted by Crippen LogP contribution is 2.22. The highest BCUT2D eigenvalue weighted by Gasteiger charge is 2.11. The maximum atomic E-state index is 11.8. The number of carbonyl (C=O) groups is 1. The third-order valence-corrected chi connectivity index (χ3v) is 3.98. The molecule has 0 aliphatic carbocycles. The van der Waals surface area contributed by atoms with Crippen molar-refractivity contribution in [1.82, 2.24) is 10.2 Å². The first kappa shape index (κ1) is 17.7. The van der Waals surface area contributed by atoms with Crippen LogP contribution >= 0.6 is 11.3 Å². The van der Waals surface area contributed by atoms with Crippen molar-refractivity contribution in [3.63, 3.8) is 0 Å². The number of aryl methyl sites for hydroxylation is 2. The number of anilines is 1. The minimum absolute atomic E-state index is 0. The minimum Gasteiger partial charge on any atom is -1.00 e. The van der Waals surface area contributed by atoms with Crippen LogP contribution in [0.2, 0.25) is 0 Å². The summed E-state index contributed by atoms with van der Waals surface area (Å²) in [5, 5.41) is 12.3. The summed E-state index contributed by atoms with van der Waals surface area (Å²) in [5.74, 6) is 0.297. The molecule has 2 rings (SSSR count). The van der Waals surface area contributed by atoms with E-state index in [2.05, 4.69) is 29.4 Å². The van der Waals surface area contributed by atoms with Crippen molar-refractivity contribution in [2.45, 2.75) is 39.7 Å². The van der Waals surface area contributed by atoms with Crippen molar-refractivity contribution in [2.24, 2.45) is 0 Å². The average Bonchev–Trinajstić information content (AvgIpc) is 2.87. The molecule has 5 nitrogen and oxygen atoms in total. The molecule has 0 bridgehead atoms. The number of nitrogens with one attached hydrogen (secondary N) is 1. The second kappa shape index (κ2) is 8.19. The highest BCUT2D eigenvalue weighted by molar-refractivity contribution is 7.15. The summed E-state index contributed by atoms with van der Waals surface area (Å²) in [6, 6.07) is 4.05.